The van der Waals surface area contributed by atoms with Crippen LogP contribution in [-0.4, -0.2) is 35.9 Å². The minimum absolute atomic E-state index is 0.125. The summed E-state index contributed by atoms with van der Waals surface area (Å²) >= 11 is 0. The van der Waals surface area contributed by atoms with E-state index in [1.807, 2.05) is 7.05 Å². The van der Waals surface area contributed by atoms with Crippen molar-refractivity contribution in [3.8, 4) is 0 Å². The van der Waals surface area contributed by atoms with Gasteiger partial charge in [-0.3, -0.25) is 15.1 Å². The Labute approximate surface area is 130 Å². The molecule has 0 unspecified atom stereocenters. The van der Waals surface area contributed by atoms with Crippen LogP contribution in [0.1, 0.15) is 31.2 Å². The van der Waals surface area contributed by atoms with Gasteiger partial charge in [0.05, 0.1) is 4.92 Å². The number of hydrogen-bond donors (Lipinski definition) is 1. The number of guanidine groups is 1. The fourth-order valence-corrected chi connectivity index (χ4v) is 3.45. The highest BCUT2D eigenvalue weighted by atomic mass is 16.6. The molecule has 0 bridgehead atoms. The zero-order valence-electron chi connectivity index (χ0n) is 12.9. The maximum absolute atomic E-state index is 10.7. The summed E-state index contributed by atoms with van der Waals surface area (Å²) in [7, 11) is 1.81. The molecule has 1 spiro atoms. The van der Waals surface area contributed by atoms with E-state index in [2.05, 4.69) is 15.2 Å². The Hall–Kier alpha value is -2.11. The SMILES string of the molecule is CN=C(NCc1ccc([N+](=O)[O-])cc1)N1CCC2(CCC2)C1. The summed E-state index contributed by atoms with van der Waals surface area (Å²) in [5, 5.41) is 14.0. The van der Waals surface area contributed by atoms with Crippen LogP contribution in [0.2, 0.25) is 0 Å². The second-order valence-electron chi connectivity index (χ2n) is 6.35. The minimum atomic E-state index is -0.377. The molecule has 1 saturated heterocycles. The van der Waals surface area contributed by atoms with Gasteiger partial charge in [-0.05, 0) is 30.2 Å². The predicted molar refractivity (Wildman–Crippen MR) is 85.8 cm³/mol. The molecule has 0 atom stereocenters. The number of nitrogens with one attached hydrogen (secondary N) is 1. The van der Waals surface area contributed by atoms with Gasteiger partial charge in [0.2, 0.25) is 0 Å². The van der Waals surface area contributed by atoms with Gasteiger partial charge in [0.1, 0.15) is 0 Å². The summed E-state index contributed by atoms with van der Waals surface area (Å²) < 4.78 is 0. The van der Waals surface area contributed by atoms with Crippen molar-refractivity contribution in [2.24, 2.45) is 10.4 Å². The predicted octanol–water partition coefficient (Wildman–Crippen LogP) is 2.55. The quantitative estimate of drug-likeness (QED) is 0.403. The van der Waals surface area contributed by atoms with E-state index in [4.69, 9.17) is 0 Å². The first kappa shape index (κ1) is 14.8. The van der Waals surface area contributed by atoms with Crippen molar-refractivity contribution in [3.05, 3.63) is 39.9 Å². The van der Waals surface area contributed by atoms with Crippen LogP contribution in [0.4, 0.5) is 5.69 Å². The number of aliphatic imine (C=N–C) groups is 1. The fraction of sp³-hybridized carbons (Fsp3) is 0.562. The van der Waals surface area contributed by atoms with Gasteiger partial charge in [0.25, 0.3) is 5.69 Å². The van der Waals surface area contributed by atoms with E-state index in [0.29, 0.717) is 12.0 Å². The molecular weight excluding hydrogens is 280 g/mol. The van der Waals surface area contributed by atoms with Crippen LogP contribution in [-0.2, 0) is 6.54 Å². The zero-order chi connectivity index (χ0) is 15.6. The molecule has 6 nitrogen and oxygen atoms in total. The van der Waals surface area contributed by atoms with Crippen LogP contribution in [0.25, 0.3) is 0 Å². The largest absolute Gasteiger partial charge is 0.352 e. The highest BCUT2D eigenvalue weighted by molar-refractivity contribution is 5.80. The van der Waals surface area contributed by atoms with Gasteiger partial charge in [-0.15, -0.1) is 0 Å². The number of hydrogen-bond acceptors (Lipinski definition) is 3. The Morgan fingerprint density at radius 3 is 2.59 bits per heavy atom. The van der Waals surface area contributed by atoms with Crippen molar-refractivity contribution in [2.45, 2.75) is 32.2 Å². The molecule has 2 fully saturated rings. The molecule has 0 radical (unpaired) electrons. The Bertz CT molecular complexity index is 578. The van der Waals surface area contributed by atoms with Crippen LogP contribution in [0, 0.1) is 15.5 Å². The molecule has 1 N–H and O–H groups in total. The molecule has 2 aliphatic rings. The lowest BCUT2D eigenvalue weighted by molar-refractivity contribution is -0.384. The average Bonchev–Trinajstić information content (AvgIpc) is 2.94. The summed E-state index contributed by atoms with van der Waals surface area (Å²) in [6.07, 6.45) is 5.33. The van der Waals surface area contributed by atoms with Gasteiger partial charge >= 0.3 is 0 Å². The van der Waals surface area contributed by atoms with Crippen LogP contribution >= 0.6 is 0 Å². The van der Waals surface area contributed by atoms with E-state index >= 15 is 0 Å². The molecule has 1 aromatic carbocycles. The van der Waals surface area contributed by atoms with Crippen LogP contribution in [0.15, 0.2) is 29.3 Å². The lowest BCUT2D eigenvalue weighted by Crippen LogP contribution is -2.42. The van der Waals surface area contributed by atoms with Crippen molar-refractivity contribution in [2.75, 3.05) is 20.1 Å². The van der Waals surface area contributed by atoms with Crippen LogP contribution in [0.3, 0.4) is 0 Å². The first-order valence-corrected chi connectivity index (χ1v) is 7.81. The third kappa shape index (κ3) is 2.91. The fourth-order valence-electron chi connectivity index (χ4n) is 3.45. The Morgan fingerprint density at radius 2 is 2.09 bits per heavy atom. The van der Waals surface area contributed by atoms with Crippen molar-refractivity contribution in [1.82, 2.24) is 10.2 Å². The molecule has 1 aromatic rings. The number of nitrogens with zero attached hydrogens (tertiary/aromatic N) is 3. The van der Waals surface area contributed by atoms with Crippen LogP contribution in [0.5, 0.6) is 0 Å². The van der Waals surface area contributed by atoms with Gasteiger partial charge in [-0.1, -0.05) is 18.6 Å². The Balaban J connectivity index is 1.56. The topological polar surface area (TPSA) is 70.8 Å². The normalized spacial score (nSPS) is 20.0. The smallest absolute Gasteiger partial charge is 0.269 e. The number of nitro benzene ring substituents is 1. The number of benzene rings is 1. The molecule has 3 rings (SSSR count). The van der Waals surface area contributed by atoms with Crippen LogP contribution < -0.4 is 5.32 Å². The lowest BCUT2D eigenvalue weighted by Gasteiger charge is -2.38. The molecule has 1 aliphatic heterocycles. The third-order valence-electron chi connectivity index (χ3n) is 4.96. The summed E-state index contributed by atoms with van der Waals surface area (Å²) in [5.74, 6) is 0.933. The Kier molecular flexibility index (Phi) is 4.00. The molecule has 1 aliphatic carbocycles. The van der Waals surface area contributed by atoms with Gasteiger partial charge < -0.3 is 10.2 Å². The summed E-state index contributed by atoms with van der Waals surface area (Å²) in [6, 6.07) is 6.66. The molecule has 1 saturated carbocycles. The zero-order valence-corrected chi connectivity index (χ0v) is 12.9. The highest BCUT2D eigenvalue weighted by Gasteiger charge is 2.43. The van der Waals surface area contributed by atoms with E-state index in [1.165, 1.54) is 25.7 Å². The standard InChI is InChI=1S/C16H22N4O2/c1-17-15(19-10-9-16(12-19)7-2-8-16)18-11-13-3-5-14(6-4-13)20(21)22/h3-6H,2,7-12H2,1H3,(H,17,18). The highest BCUT2D eigenvalue weighted by Crippen LogP contribution is 2.47. The molecule has 0 amide bonds. The second-order valence-corrected chi connectivity index (χ2v) is 6.35. The molecule has 22 heavy (non-hydrogen) atoms. The maximum atomic E-state index is 10.7. The summed E-state index contributed by atoms with van der Waals surface area (Å²) in [5.41, 5.74) is 1.69. The maximum Gasteiger partial charge on any atom is 0.269 e. The van der Waals surface area contributed by atoms with Gasteiger partial charge in [-0.2, -0.15) is 0 Å². The van der Waals surface area contributed by atoms with E-state index in [0.717, 1.165) is 24.6 Å². The number of rotatable bonds is 3. The number of nitro groups is 1. The first-order chi connectivity index (χ1) is 10.6. The van der Waals surface area contributed by atoms with Gasteiger partial charge in [0.15, 0.2) is 5.96 Å². The van der Waals surface area contributed by atoms with Gasteiger partial charge in [-0.25, -0.2) is 0 Å². The Morgan fingerprint density at radius 1 is 1.36 bits per heavy atom. The molecule has 1 heterocycles. The van der Waals surface area contributed by atoms with Crippen molar-refractivity contribution >= 4 is 11.6 Å². The first-order valence-electron chi connectivity index (χ1n) is 7.81. The average molecular weight is 302 g/mol. The van der Waals surface area contributed by atoms with Gasteiger partial charge in [0, 0.05) is 38.8 Å². The number of non-ortho nitro benzene ring substituents is 1. The third-order valence-corrected chi connectivity index (χ3v) is 4.96. The monoisotopic (exact) mass is 302 g/mol. The molecular formula is C16H22N4O2. The van der Waals surface area contributed by atoms with Crippen molar-refractivity contribution in [1.29, 1.82) is 0 Å². The van der Waals surface area contributed by atoms with E-state index in [-0.39, 0.29) is 10.6 Å². The second kappa shape index (κ2) is 5.94. The van der Waals surface area contributed by atoms with E-state index in [1.54, 1.807) is 24.3 Å². The summed E-state index contributed by atoms with van der Waals surface area (Å²) in [6.45, 7) is 2.81. The molecule has 118 valence electrons. The minimum Gasteiger partial charge on any atom is -0.352 e. The van der Waals surface area contributed by atoms with Crippen molar-refractivity contribution in [3.63, 3.8) is 0 Å². The summed E-state index contributed by atoms with van der Waals surface area (Å²) in [4.78, 5) is 17.0. The van der Waals surface area contributed by atoms with Crippen molar-refractivity contribution < 1.29 is 4.92 Å². The number of likely N-dealkylation sites (tertiary alicyclic amines) is 1. The van der Waals surface area contributed by atoms with E-state index < -0.39 is 0 Å². The molecule has 6 heteroatoms. The van der Waals surface area contributed by atoms with E-state index in [9.17, 15) is 10.1 Å². The molecule has 0 aromatic heterocycles. The lowest BCUT2D eigenvalue weighted by atomic mass is 9.68.